The summed E-state index contributed by atoms with van der Waals surface area (Å²) in [6.45, 7) is 2.79. The van der Waals surface area contributed by atoms with E-state index in [4.69, 9.17) is 0 Å². The molecule has 1 fully saturated rings. The molecule has 5 heteroatoms. The molecule has 5 nitrogen and oxygen atoms in total. The lowest BCUT2D eigenvalue weighted by Gasteiger charge is -2.24. The summed E-state index contributed by atoms with van der Waals surface area (Å²) < 4.78 is 0. The Balaban J connectivity index is 1.82. The lowest BCUT2D eigenvalue weighted by molar-refractivity contribution is 0.0934. The standard InChI is InChI=1S/C14H22N4O/c1-10(18(3)12-5-6-12)8-17-14(19)13-7-4-11(15-2)9-16-13/h4,7,9-10,12,15H,5-6,8H2,1-3H3,(H,17,19). The number of nitrogens with zero attached hydrogens (tertiary/aromatic N) is 2. The smallest absolute Gasteiger partial charge is 0.269 e. The largest absolute Gasteiger partial charge is 0.387 e. The minimum atomic E-state index is -0.112. The maximum atomic E-state index is 11.9. The molecule has 0 radical (unpaired) electrons. The maximum absolute atomic E-state index is 11.9. The number of carbonyl (C=O) groups excluding carboxylic acids is 1. The Morgan fingerprint density at radius 3 is 2.79 bits per heavy atom. The van der Waals surface area contributed by atoms with E-state index < -0.39 is 0 Å². The Morgan fingerprint density at radius 2 is 2.26 bits per heavy atom. The van der Waals surface area contributed by atoms with E-state index in [1.165, 1.54) is 12.8 Å². The van der Waals surface area contributed by atoms with Crippen LogP contribution in [0.4, 0.5) is 5.69 Å². The predicted octanol–water partition coefficient (Wildman–Crippen LogP) is 1.34. The summed E-state index contributed by atoms with van der Waals surface area (Å²) in [6.07, 6.45) is 4.22. The van der Waals surface area contributed by atoms with Gasteiger partial charge in [0.25, 0.3) is 5.91 Å². The third kappa shape index (κ3) is 3.67. The van der Waals surface area contributed by atoms with Gasteiger partial charge < -0.3 is 10.6 Å². The van der Waals surface area contributed by atoms with Gasteiger partial charge in [-0.15, -0.1) is 0 Å². The molecule has 0 aliphatic heterocycles. The van der Waals surface area contributed by atoms with E-state index in [2.05, 4.69) is 34.5 Å². The fourth-order valence-corrected chi connectivity index (χ4v) is 1.99. The molecule has 1 aromatic rings. The van der Waals surface area contributed by atoms with Crippen LogP contribution in [0.3, 0.4) is 0 Å². The van der Waals surface area contributed by atoms with Crippen molar-refractivity contribution < 1.29 is 4.79 Å². The molecule has 0 spiro atoms. The molecule has 1 aliphatic carbocycles. The van der Waals surface area contributed by atoms with Crippen molar-refractivity contribution in [1.29, 1.82) is 0 Å². The highest BCUT2D eigenvalue weighted by atomic mass is 16.1. The molecule has 1 unspecified atom stereocenters. The fraction of sp³-hybridized carbons (Fsp3) is 0.571. The number of hydrogen-bond acceptors (Lipinski definition) is 4. The summed E-state index contributed by atoms with van der Waals surface area (Å²) in [5, 5.41) is 5.91. The molecule has 19 heavy (non-hydrogen) atoms. The Labute approximate surface area is 114 Å². The minimum Gasteiger partial charge on any atom is -0.387 e. The minimum absolute atomic E-state index is 0.112. The van der Waals surface area contributed by atoms with Crippen molar-refractivity contribution in [2.24, 2.45) is 0 Å². The molecule has 1 atom stereocenters. The van der Waals surface area contributed by atoms with Gasteiger partial charge in [0, 0.05) is 25.7 Å². The molecule has 2 rings (SSSR count). The van der Waals surface area contributed by atoms with Gasteiger partial charge in [-0.2, -0.15) is 0 Å². The van der Waals surface area contributed by atoms with Crippen LogP contribution in [0.1, 0.15) is 30.3 Å². The quantitative estimate of drug-likeness (QED) is 0.812. The molecule has 0 aromatic carbocycles. The molecule has 1 aliphatic rings. The molecule has 1 aromatic heterocycles. The fourth-order valence-electron chi connectivity index (χ4n) is 1.99. The van der Waals surface area contributed by atoms with E-state index in [-0.39, 0.29) is 5.91 Å². The Morgan fingerprint density at radius 1 is 1.53 bits per heavy atom. The summed E-state index contributed by atoms with van der Waals surface area (Å²) in [5.74, 6) is -0.112. The molecule has 2 N–H and O–H groups in total. The van der Waals surface area contributed by atoms with Crippen molar-refractivity contribution >= 4 is 11.6 Å². The number of likely N-dealkylation sites (N-methyl/N-ethyl adjacent to an activating group) is 1. The van der Waals surface area contributed by atoms with Crippen molar-refractivity contribution in [3.05, 3.63) is 24.0 Å². The summed E-state index contributed by atoms with van der Waals surface area (Å²) in [5.41, 5.74) is 1.36. The van der Waals surface area contributed by atoms with E-state index >= 15 is 0 Å². The molecular formula is C14H22N4O. The van der Waals surface area contributed by atoms with Crippen molar-refractivity contribution in [3.63, 3.8) is 0 Å². The zero-order chi connectivity index (χ0) is 13.8. The number of pyridine rings is 1. The number of anilines is 1. The van der Waals surface area contributed by atoms with Crippen LogP contribution in [0, 0.1) is 0 Å². The van der Waals surface area contributed by atoms with Gasteiger partial charge in [-0.05, 0) is 38.9 Å². The van der Waals surface area contributed by atoms with Crippen LogP contribution < -0.4 is 10.6 Å². The number of hydrogen-bond donors (Lipinski definition) is 2. The number of rotatable bonds is 6. The second-order valence-corrected chi connectivity index (χ2v) is 5.14. The van der Waals surface area contributed by atoms with Crippen LogP contribution in [0.25, 0.3) is 0 Å². The average Bonchev–Trinajstić information content (AvgIpc) is 3.28. The molecule has 1 heterocycles. The summed E-state index contributed by atoms with van der Waals surface area (Å²) >= 11 is 0. The van der Waals surface area contributed by atoms with E-state index in [0.29, 0.717) is 24.3 Å². The van der Waals surface area contributed by atoms with Gasteiger partial charge in [-0.25, -0.2) is 4.98 Å². The monoisotopic (exact) mass is 262 g/mol. The van der Waals surface area contributed by atoms with Gasteiger partial charge >= 0.3 is 0 Å². The van der Waals surface area contributed by atoms with Gasteiger partial charge in [0.05, 0.1) is 11.9 Å². The second-order valence-electron chi connectivity index (χ2n) is 5.14. The number of aromatic nitrogens is 1. The zero-order valence-corrected chi connectivity index (χ0v) is 11.8. The van der Waals surface area contributed by atoms with Crippen molar-refractivity contribution in [2.75, 3.05) is 26.0 Å². The molecule has 0 saturated heterocycles. The first-order valence-electron chi connectivity index (χ1n) is 6.75. The maximum Gasteiger partial charge on any atom is 0.269 e. The van der Waals surface area contributed by atoms with Crippen LogP contribution in [-0.4, -0.2) is 48.5 Å². The highest BCUT2D eigenvalue weighted by Gasteiger charge is 2.29. The molecule has 104 valence electrons. The van der Waals surface area contributed by atoms with Crippen LogP contribution >= 0.6 is 0 Å². The van der Waals surface area contributed by atoms with Gasteiger partial charge in [0.2, 0.25) is 0 Å². The molecule has 1 saturated carbocycles. The van der Waals surface area contributed by atoms with Crippen molar-refractivity contribution in [1.82, 2.24) is 15.2 Å². The van der Waals surface area contributed by atoms with E-state index in [1.807, 2.05) is 13.1 Å². The van der Waals surface area contributed by atoms with Crippen molar-refractivity contribution in [2.45, 2.75) is 31.8 Å². The highest BCUT2D eigenvalue weighted by molar-refractivity contribution is 5.92. The molecule has 0 bridgehead atoms. The van der Waals surface area contributed by atoms with Crippen LogP contribution in [0.2, 0.25) is 0 Å². The van der Waals surface area contributed by atoms with Gasteiger partial charge in [-0.1, -0.05) is 0 Å². The SMILES string of the molecule is CNc1ccc(C(=O)NCC(C)N(C)C2CC2)nc1. The normalized spacial score (nSPS) is 16.2. The van der Waals surface area contributed by atoms with E-state index in [0.717, 1.165) is 5.69 Å². The number of amides is 1. The first-order valence-corrected chi connectivity index (χ1v) is 6.75. The lowest BCUT2D eigenvalue weighted by Crippen LogP contribution is -2.41. The summed E-state index contributed by atoms with van der Waals surface area (Å²) in [7, 11) is 3.95. The van der Waals surface area contributed by atoms with Crippen molar-refractivity contribution in [3.8, 4) is 0 Å². The average molecular weight is 262 g/mol. The Hall–Kier alpha value is -1.62. The first-order chi connectivity index (χ1) is 9.11. The molecule has 1 amide bonds. The third-order valence-electron chi connectivity index (χ3n) is 3.66. The topological polar surface area (TPSA) is 57.3 Å². The summed E-state index contributed by atoms with van der Waals surface area (Å²) in [4.78, 5) is 18.4. The van der Waals surface area contributed by atoms with E-state index in [1.54, 1.807) is 12.3 Å². The van der Waals surface area contributed by atoms with Crippen LogP contribution in [-0.2, 0) is 0 Å². The second kappa shape index (κ2) is 6.02. The number of carbonyl (C=O) groups is 1. The lowest BCUT2D eigenvalue weighted by atomic mass is 10.2. The first kappa shape index (κ1) is 13.8. The molecular weight excluding hydrogens is 240 g/mol. The van der Waals surface area contributed by atoms with Gasteiger partial charge in [0.15, 0.2) is 0 Å². The summed E-state index contributed by atoms with van der Waals surface area (Å²) in [6, 6.07) is 4.64. The highest BCUT2D eigenvalue weighted by Crippen LogP contribution is 2.26. The predicted molar refractivity (Wildman–Crippen MR) is 76.4 cm³/mol. The number of nitrogens with one attached hydrogen (secondary N) is 2. The van der Waals surface area contributed by atoms with Crippen LogP contribution in [0.15, 0.2) is 18.3 Å². The Bertz CT molecular complexity index is 428. The van der Waals surface area contributed by atoms with Gasteiger partial charge in [0.1, 0.15) is 5.69 Å². The van der Waals surface area contributed by atoms with Gasteiger partial charge in [-0.3, -0.25) is 9.69 Å². The Kier molecular flexibility index (Phi) is 4.37. The van der Waals surface area contributed by atoms with E-state index in [9.17, 15) is 4.79 Å². The van der Waals surface area contributed by atoms with Crippen LogP contribution in [0.5, 0.6) is 0 Å². The third-order valence-corrected chi connectivity index (χ3v) is 3.66. The zero-order valence-electron chi connectivity index (χ0n) is 11.8.